The van der Waals surface area contributed by atoms with Gasteiger partial charge in [-0.3, -0.25) is 9.89 Å². The largest absolute Gasteiger partial charge is 0.379 e. The Hall–Kier alpha value is -2.37. The van der Waals surface area contributed by atoms with Gasteiger partial charge in [-0.25, -0.2) is 0 Å². The van der Waals surface area contributed by atoms with E-state index in [0.29, 0.717) is 12.0 Å². The Labute approximate surface area is 187 Å². The smallest absolute Gasteiger partial charge is 0.193 e. The molecule has 1 unspecified atom stereocenters. The van der Waals surface area contributed by atoms with Crippen molar-refractivity contribution in [3.63, 3.8) is 0 Å². The third-order valence-electron chi connectivity index (χ3n) is 6.44. The average Bonchev–Trinajstić information content (AvgIpc) is 3.33. The highest BCUT2D eigenvalue weighted by Crippen LogP contribution is 2.28. The number of nitrogens with zero attached hydrogens (tertiary/aromatic N) is 3. The Kier molecular flexibility index (Phi) is 7.97. The summed E-state index contributed by atoms with van der Waals surface area (Å²) in [6.45, 7) is 9.86. The van der Waals surface area contributed by atoms with Crippen molar-refractivity contribution >= 4 is 5.96 Å². The summed E-state index contributed by atoms with van der Waals surface area (Å²) in [7, 11) is 0. The molecule has 4 rings (SSSR count). The van der Waals surface area contributed by atoms with Crippen molar-refractivity contribution in [3.8, 4) is 0 Å². The summed E-state index contributed by atoms with van der Waals surface area (Å²) in [4.78, 5) is 10.1. The van der Waals surface area contributed by atoms with Crippen molar-refractivity contribution in [1.29, 1.82) is 0 Å². The molecule has 2 saturated heterocycles. The van der Waals surface area contributed by atoms with Gasteiger partial charge in [-0.05, 0) is 30.9 Å². The average molecular weight is 421 g/mol. The summed E-state index contributed by atoms with van der Waals surface area (Å²) in [6, 6.07) is 22.3. The molecule has 5 nitrogen and oxygen atoms in total. The minimum Gasteiger partial charge on any atom is -0.379 e. The molecule has 0 spiro atoms. The highest BCUT2D eigenvalue weighted by Gasteiger charge is 2.30. The maximum absolute atomic E-state index is 5.53. The molecule has 2 aromatic rings. The zero-order valence-corrected chi connectivity index (χ0v) is 18.7. The summed E-state index contributed by atoms with van der Waals surface area (Å²) in [5.74, 6) is 1.44. The van der Waals surface area contributed by atoms with Crippen LogP contribution in [-0.2, 0) is 4.74 Å². The second-order valence-electron chi connectivity index (χ2n) is 8.44. The van der Waals surface area contributed by atoms with Gasteiger partial charge in [0.25, 0.3) is 0 Å². The molecule has 5 heteroatoms. The fraction of sp³-hybridized carbons (Fsp3) is 0.500. The molecule has 2 aliphatic heterocycles. The van der Waals surface area contributed by atoms with E-state index in [1.165, 1.54) is 17.5 Å². The number of aliphatic imine (C=N–C) groups is 1. The maximum Gasteiger partial charge on any atom is 0.193 e. The summed E-state index contributed by atoms with van der Waals surface area (Å²) in [5.41, 5.74) is 2.73. The quantitative estimate of drug-likeness (QED) is 0.549. The fourth-order valence-electron chi connectivity index (χ4n) is 4.80. The van der Waals surface area contributed by atoms with Gasteiger partial charge in [0.15, 0.2) is 5.96 Å². The predicted octanol–water partition coefficient (Wildman–Crippen LogP) is 3.58. The number of likely N-dealkylation sites (tertiary alicyclic amines) is 1. The van der Waals surface area contributed by atoms with Gasteiger partial charge < -0.3 is 15.0 Å². The number of guanidine groups is 1. The first kappa shape index (κ1) is 21.8. The molecular weight excluding hydrogens is 384 g/mol. The van der Waals surface area contributed by atoms with E-state index in [-0.39, 0.29) is 0 Å². The van der Waals surface area contributed by atoms with Gasteiger partial charge in [0.05, 0.1) is 13.2 Å². The lowest BCUT2D eigenvalue weighted by molar-refractivity contribution is 0.0195. The second-order valence-corrected chi connectivity index (χ2v) is 8.44. The van der Waals surface area contributed by atoms with E-state index in [0.717, 1.165) is 64.9 Å². The van der Waals surface area contributed by atoms with Crippen LogP contribution in [0.25, 0.3) is 0 Å². The lowest BCUT2D eigenvalue weighted by Gasteiger charge is -2.32. The highest BCUT2D eigenvalue weighted by molar-refractivity contribution is 5.80. The van der Waals surface area contributed by atoms with E-state index < -0.39 is 0 Å². The molecule has 1 atom stereocenters. The number of benzene rings is 2. The number of hydrogen-bond donors (Lipinski definition) is 1. The van der Waals surface area contributed by atoms with Gasteiger partial charge in [0.2, 0.25) is 0 Å². The minimum atomic E-state index is 0.369. The van der Waals surface area contributed by atoms with Crippen molar-refractivity contribution in [2.24, 2.45) is 4.99 Å². The Bertz CT molecular complexity index is 765. The molecule has 2 aliphatic rings. The van der Waals surface area contributed by atoms with E-state index in [1.807, 2.05) is 0 Å². The van der Waals surface area contributed by atoms with Crippen LogP contribution in [0.3, 0.4) is 0 Å². The summed E-state index contributed by atoms with van der Waals surface area (Å²) in [5, 5.41) is 3.53. The number of rotatable bonds is 7. The third-order valence-corrected chi connectivity index (χ3v) is 6.44. The van der Waals surface area contributed by atoms with Gasteiger partial charge >= 0.3 is 0 Å². The zero-order chi connectivity index (χ0) is 21.3. The summed E-state index contributed by atoms with van der Waals surface area (Å²) in [6.07, 6.45) is 2.21. The van der Waals surface area contributed by atoms with E-state index in [2.05, 4.69) is 82.7 Å². The van der Waals surface area contributed by atoms with E-state index in [4.69, 9.17) is 9.73 Å². The second kappa shape index (κ2) is 11.3. The van der Waals surface area contributed by atoms with Crippen LogP contribution < -0.4 is 5.32 Å². The first-order chi connectivity index (χ1) is 15.3. The van der Waals surface area contributed by atoms with Gasteiger partial charge in [0, 0.05) is 51.2 Å². The van der Waals surface area contributed by atoms with Crippen molar-refractivity contribution in [3.05, 3.63) is 71.8 Å². The van der Waals surface area contributed by atoms with E-state index in [9.17, 15) is 0 Å². The molecule has 0 aromatic heterocycles. The first-order valence-corrected chi connectivity index (χ1v) is 11.8. The molecular formula is C26H36N4O. The van der Waals surface area contributed by atoms with Crippen LogP contribution >= 0.6 is 0 Å². The molecule has 0 saturated carbocycles. The number of nitrogens with one attached hydrogen (secondary N) is 1. The van der Waals surface area contributed by atoms with Crippen LogP contribution in [0.1, 0.15) is 36.8 Å². The summed E-state index contributed by atoms with van der Waals surface area (Å²) >= 11 is 0. The van der Waals surface area contributed by atoms with Gasteiger partial charge in [0.1, 0.15) is 0 Å². The van der Waals surface area contributed by atoms with Crippen molar-refractivity contribution < 1.29 is 4.74 Å². The molecule has 2 aromatic carbocycles. The molecule has 31 heavy (non-hydrogen) atoms. The highest BCUT2D eigenvalue weighted by atomic mass is 16.5. The van der Waals surface area contributed by atoms with Crippen LogP contribution in [0.4, 0.5) is 0 Å². The predicted molar refractivity (Wildman–Crippen MR) is 128 cm³/mol. The van der Waals surface area contributed by atoms with Crippen LogP contribution in [0.15, 0.2) is 65.7 Å². The first-order valence-electron chi connectivity index (χ1n) is 11.8. The maximum atomic E-state index is 5.53. The SMILES string of the molecule is CCNC(=NCCC(c1ccccc1)c1ccccc1)N1CCC(N2CCOCC2)C1. The Morgan fingerprint density at radius 3 is 2.26 bits per heavy atom. The van der Waals surface area contributed by atoms with Crippen LogP contribution in [0, 0.1) is 0 Å². The van der Waals surface area contributed by atoms with Crippen LogP contribution in [0.2, 0.25) is 0 Å². The lowest BCUT2D eigenvalue weighted by atomic mass is 9.89. The monoisotopic (exact) mass is 420 g/mol. The Morgan fingerprint density at radius 2 is 1.65 bits per heavy atom. The molecule has 166 valence electrons. The lowest BCUT2D eigenvalue weighted by Crippen LogP contribution is -2.46. The minimum absolute atomic E-state index is 0.369. The molecule has 0 radical (unpaired) electrons. The standard InChI is InChI=1S/C26H36N4O/c1-2-27-26(30-16-14-24(21-30)29-17-19-31-20-18-29)28-15-13-25(22-9-5-3-6-10-22)23-11-7-4-8-12-23/h3-12,24-25H,2,13-21H2,1H3,(H,27,28). The van der Waals surface area contributed by atoms with Gasteiger partial charge in [-0.2, -0.15) is 0 Å². The Balaban J connectivity index is 1.41. The van der Waals surface area contributed by atoms with Crippen molar-refractivity contribution in [1.82, 2.24) is 15.1 Å². The normalized spacial score (nSPS) is 20.4. The molecule has 0 bridgehead atoms. The number of ether oxygens (including phenoxy) is 1. The molecule has 0 aliphatic carbocycles. The molecule has 2 fully saturated rings. The van der Waals surface area contributed by atoms with Crippen molar-refractivity contribution in [2.45, 2.75) is 31.7 Å². The third kappa shape index (κ3) is 5.86. The zero-order valence-electron chi connectivity index (χ0n) is 18.7. The topological polar surface area (TPSA) is 40.1 Å². The fourth-order valence-corrected chi connectivity index (χ4v) is 4.80. The van der Waals surface area contributed by atoms with Gasteiger partial charge in [-0.1, -0.05) is 60.7 Å². The van der Waals surface area contributed by atoms with Crippen LogP contribution in [0.5, 0.6) is 0 Å². The van der Waals surface area contributed by atoms with E-state index in [1.54, 1.807) is 0 Å². The number of morpholine rings is 1. The molecule has 1 N–H and O–H groups in total. The van der Waals surface area contributed by atoms with E-state index >= 15 is 0 Å². The van der Waals surface area contributed by atoms with Gasteiger partial charge in [-0.15, -0.1) is 0 Å². The summed E-state index contributed by atoms with van der Waals surface area (Å²) < 4.78 is 5.53. The van der Waals surface area contributed by atoms with Crippen LogP contribution in [-0.4, -0.2) is 74.3 Å². The van der Waals surface area contributed by atoms with Crippen molar-refractivity contribution in [2.75, 3.05) is 52.5 Å². The molecule has 0 amide bonds. The Morgan fingerprint density at radius 1 is 1.00 bits per heavy atom. The molecule has 2 heterocycles. The number of hydrogen-bond acceptors (Lipinski definition) is 3.